The maximum Gasteiger partial charge on any atom is 0.407 e. The number of hydrogen-bond acceptors (Lipinski definition) is 2. The number of fused-ring (bicyclic) bond motifs is 2. The Bertz CT molecular complexity index is 261. The lowest BCUT2D eigenvalue weighted by molar-refractivity contribution is -0.710. The third-order valence-electron chi connectivity index (χ3n) is 3.35. The van der Waals surface area contributed by atoms with Gasteiger partial charge in [0.05, 0.1) is 12.1 Å². The number of quaternary nitrogens is 1. The fourth-order valence-corrected chi connectivity index (χ4v) is 2.82. The Morgan fingerprint density at radius 1 is 1.25 bits per heavy atom. The summed E-state index contributed by atoms with van der Waals surface area (Å²) in [6, 6.07) is 1.76. The second-order valence-electron chi connectivity index (χ2n) is 6.10. The monoisotopic (exact) mass is 227 g/mol. The number of piperidine rings is 1. The number of nitrogens with one attached hydrogen (secondary N) is 1. The highest BCUT2D eigenvalue weighted by atomic mass is 16.6. The molecular formula is C12H23N2O2+. The van der Waals surface area contributed by atoms with E-state index >= 15 is 0 Å². The van der Waals surface area contributed by atoms with Crippen molar-refractivity contribution in [3.63, 3.8) is 0 Å². The summed E-state index contributed by atoms with van der Waals surface area (Å²) in [5, 5.41) is 5.46. The SMILES string of the molecule is CC(C)(C)OC(=O)NC1C[C@H]2CC[C@@H](C1)[NH2+]2. The van der Waals surface area contributed by atoms with Crippen LogP contribution in [0.4, 0.5) is 4.79 Å². The molecule has 0 aromatic carbocycles. The average molecular weight is 227 g/mol. The Kier molecular flexibility index (Phi) is 3.10. The van der Waals surface area contributed by atoms with E-state index in [4.69, 9.17) is 4.74 Å². The highest BCUT2D eigenvalue weighted by molar-refractivity contribution is 5.68. The maximum absolute atomic E-state index is 11.6. The molecule has 2 heterocycles. The van der Waals surface area contributed by atoms with Gasteiger partial charge in [-0.05, 0) is 20.8 Å². The van der Waals surface area contributed by atoms with Crippen molar-refractivity contribution in [3.05, 3.63) is 0 Å². The Labute approximate surface area is 97.1 Å². The van der Waals surface area contributed by atoms with Gasteiger partial charge in [0.1, 0.15) is 5.60 Å². The lowest BCUT2D eigenvalue weighted by atomic mass is 10.0. The molecule has 0 aromatic heterocycles. The molecule has 1 unspecified atom stereocenters. The van der Waals surface area contributed by atoms with Crippen LogP contribution in [0, 0.1) is 0 Å². The molecule has 92 valence electrons. The molecule has 2 aliphatic rings. The van der Waals surface area contributed by atoms with Crippen molar-refractivity contribution in [2.24, 2.45) is 0 Å². The summed E-state index contributed by atoms with van der Waals surface area (Å²) in [6.45, 7) is 5.68. The third kappa shape index (κ3) is 3.11. The van der Waals surface area contributed by atoms with Gasteiger partial charge in [0.25, 0.3) is 0 Å². The van der Waals surface area contributed by atoms with Crippen molar-refractivity contribution in [1.82, 2.24) is 5.32 Å². The maximum atomic E-state index is 11.6. The lowest BCUT2D eigenvalue weighted by Crippen LogP contribution is -2.94. The molecule has 4 heteroatoms. The zero-order chi connectivity index (χ0) is 11.8. The molecule has 2 bridgehead atoms. The quantitative estimate of drug-likeness (QED) is 0.695. The second kappa shape index (κ2) is 4.24. The smallest absolute Gasteiger partial charge is 0.407 e. The summed E-state index contributed by atoms with van der Waals surface area (Å²) in [5.74, 6) is 0. The predicted molar refractivity (Wildman–Crippen MR) is 61.1 cm³/mol. The summed E-state index contributed by atoms with van der Waals surface area (Å²) >= 11 is 0. The minimum absolute atomic E-state index is 0.265. The first-order valence-electron chi connectivity index (χ1n) is 6.27. The van der Waals surface area contributed by atoms with Crippen molar-refractivity contribution in [3.8, 4) is 0 Å². The van der Waals surface area contributed by atoms with Crippen LogP contribution in [0.2, 0.25) is 0 Å². The number of carbonyl (C=O) groups excluding carboxylic acids is 1. The van der Waals surface area contributed by atoms with E-state index in [-0.39, 0.29) is 6.09 Å². The van der Waals surface area contributed by atoms with E-state index in [2.05, 4.69) is 10.6 Å². The van der Waals surface area contributed by atoms with Crippen LogP contribution < -0.4 is 10.6 Å². The fourth-order valence-electron chi connectivity index (χ4n) is 2.82. The zero-order valence-electron chi connectivity index (χ0n) is 10.5. The van der Waals surface area contributed by atoms with Gasteiger partial charge in [-0.2, -0.15) is 0 Å². The molecule has 3 atom stereocenters. The van der Waals surface area contributed by atoms with E-state index in [0.29, 0.717) is 6.04 Å². The van der Waals surface area contributed by atoms with Crippen LogP contribution in [-0.4, -0.2) is 29.8 Å². The van der Waals surface area contributed by atoms with Gasteiger partial charge in [-0.3, -0.25) is 0 Å². The summed E-state index contributed by atoms with van der Waals surface area (Å²) in [4.78, 5) is 11.6. The van der Waals surface area contributed by atoms with E-state index in [0.717, 1.165) is 24.9 Å². The number of carbonyl (C=O) groups is 1. The molecule has 16 heavy (non-hydrogen) atoms. The summed E-state index contributed by atoms with van der Waals surface area (Å²) < 4.78 is 5.27. The van der Waals surface area contributed by atoms with Gasteiger partial charge in [-0.15, -0.1) is 0 Å². The van der Waals surface area contributed by atoms with Crippen molar-refractivity contribution >= 4 is 6.09 Å². The van der Waals surface area contributed by atoms with E-state index in [1.54, 1.807) is 0 Å². The molecular weight excluding hydrogens is 204 g/mol. The summed E-state index contributed by atoms with van der Waals surface area (Å²) in [7, 11) is 0. The van der Waals surface area contributed by atoms with Crippen LogP contribution in [0.3, 0.4) is 0 Å². The number of ether oxygens (including phenoxy) is 1. The fraction of sp³-hybridized carbons (Fsp3) is 0.917. The topological polar surface area (TPSA) is 54.9 Å². The van der Waals surface area contributed by atoms with Crippen LogP contribution in [0.25, 0.3) is 0 Å². The van der Waals surface area contributed by atoms with Gasteiger partial charge in [-0.25, -0.2) is 4.79 Å². The highest BCUT2D eigenvalue weighted by Gasteiger charge is 2.38. The molecule has 0 saturated carbocycles. The zero-order valence-corrected chi connectivity index (χ0v) is 10.5. The Balaban J connectivity index is 1.79. The van der Waals surface area contributed by atoms with Crippen molar-refractivity contribution in [2.45, 2.75) is 70.2 Å². The largest absolute Gasteiger partial charge is 0.444 e. The second-order valence-corrected chi connectivity index (χ2v) is 6.10. The van der Waals surface area contributed by atoms with Crippen LogP contribution in [0.1, 0.15) is 46.5 Å². The highest BCUT2D eigenvalue weighted by Crippen LogP contribution is 2.21. The number of alkyl carbamates (subject to hydrolysis) is 1. The first kappa shape index (κ1) is 11.7. The first-order valence-corrected chi connectivity index (χ1v) is 6.27. The van der Waals surface area contributed by atoms with Gasteiger partial charge >= 0.3 is 6.09 Å². The van der Waals surface area contributed by atoms with Crippen LogP contribution in [0.5, 0.6) is 0 Å². The van der Waals surface area contributed by atoms with E-state index in [9.17, 15) is 4.79 Å². The molecule has 0 aromatic rings. The van der Waals surface area contributed by atoms with Crippen LogP contribution >= 0.6 is 0 Å². The molecule has 1 amide bonds. The molecule has 0 radical (unpaired) electrons. The standard InChI is InChI=1S/C12H22N2O2/c1-12(2,3)16-11(15)14-10-6-8-4-5-9(7-10)13-8/h8-10,13H,4-7H2,1-3H3,(H,14,15)/p+1/t8-,9+,10?. The number of amides is 1. The summed E-state index contributed by atoms with van der Waals surface area (Å²) in [5.41, 5.74) is -0.399. The molecule has 2 fully saturated rings. The average Bonchev–Trinajstić information content (AvgIpc) is 2.42. The first-order chi connectivity index (χ1) is 7.42. The van der Waals surface area contributed by atoms with E-state index < -0.39 is 5.60 Å². The van der Waals surface area contributed by atoms with Crippen molar-refractivity contribution < 1.29 is 14.8 Å². The van der Waals surface area contributed by atoms with Crippen molar-refractivity contribution in [2.75, 3.05) is 0 Å². The van der Waals surface area contributed by atoms with Crippen molar-refractivity contribution in [1.29, 1.82) is 0 Å². The number of hydrogen-bond donors (Lipinski definition) is 2. The van der Waals surface area contributed by atoms with E-state index in [1.165, 1.54) is 12.8 Å². The number of nitrogens with two attached hydrogens (primary N) is 1. The number of rotatable bonds is 1. The Morgan fingerprint density at radius 3 is 2.31 bits per heavy atom. The van der Waals surface area contributed by atoms with E-state index in [1.807, 2.05) is 20.8 Å². The minimum Gasteiger partial charge on any atom is -0.444 e. The summed E-state index contributed by atoms with van der Waals surface area (Å²) in [6.07, 6.45) is 4.53. The van der Waals surface area contributed by atoms with Gasteiger partial charge in [0.2, 0.25) is 0 Å². The molecule has 0 spiro atoms. The van der Waals surface area contributed by atoms with Crippen LogP contribution in [0.15, 0.2) is 0 Å². The van der Waals surface area contributed by atoms with Gasteiger partial charge in [0.15, 0.2) is 0 Å². The Hall–Kier alpha value is -0.770. The lowest BCUT2D eigenvalue weighted by Gasteiger charge is -2.28. The van der Waals surface area contributed by atoms with Crippen LogP contribution in [-0.2, 0) is 4.74 Å². The predicted octanol–water partition coefficient (Wildman–Crippen LogP) is 0.768. The molecule has 2 rings (SSSR count). The minimum atomic E-state index is -0.399. The van der Waals surface area contributed by atoms with Gasteiger partial charge < -0.3 is 15.4 Å². The third-order valence-corrected chi connectivity index (χ3v) is 3.35. The molecule has 4 nitrogen and oxygen atoms in total. The van der Waals surface area contributed by atoms with Gasteiger partial charge in [-0.1, -0.05) is 0 Å². The Morgan fingerprint density at radius 2 is 1.81 bits per heavy atom. The van der Waals surface area contributed by atoms with Gasteiger partial charge in [0, 0.05) is 31.7 Å². The molecule has 0 aliphatic carbocycles. The molecule has 2 aliphatic heterocycles. The molecule has 2 saturated heterocycles. The normalized spacial score (nSPS) is 33.6. The molecule has 3 N–H and O–H groups in total.